The monoisotopic (exact) mass is 333 g/mol. The lowest BCUT2D eigenvalue weighted by atomic mass is 10.2. The van der Waals surface area contributed by atoms with Crippen molar-refractivity contribution in [2.45, 2.75) is 19.8 Å². The van der Waals surface area contributed by atoms with Crippen LogP contribution in [-0.4, -0.2) is 41.3 Å². The fourth-order valence-corrected chi connectivity index (χ4v) is 2.19. The molecular formula is C17H20FN3O3. The van der Waals surface area contributed by atoms with E-state index in [2.05, 4.69) is 5.10 Å². The van der Waals surface area contributed by atoms with Crippen molar-refractivity contribution in [3.63, 3.8) is 0 Å². The Morgan fingerprint density at radius 2 is 2.00 bits per heavy atom. The maximum Gasteiger partial charge on any atom is 0.277 e. The molecule has 0 aliphatic carbocycles. The van der Waals surface area contributed by atoms with Gasteiger partial charge in [0.1, 0.15) is 5.82 Å². The van der Waals surface area contributed by atoms with Crippen LogP contribution in [0.5, 0.6) is 5.75 Å². The van der Waals surface area contributed by atoms with Gasteiger partial charge in [-0.1, -0.05) is 13.3 Å². The maximum atomic E-state index is 13.1. The van der Waals surface area contributed by atoms with Gasteiger partial charge in [0, 0.05) is 13.6 Å². The van der Waals surface area contributed by atoms with Crippen molar-refractivity contribution in [1.82, 2.24) is 14.7 Å². The molecule has 0 spiro atoms. The molecule has 1 amide bonds. The van der Waals surface area contributed by atoms with Gasteiger partial charge in [-0.15, -0.1) is 0 Å². The number of unbranched alkanes of at least 4 members (excludes halogenated alkanes) is 1. The second kappa shape index (κ2) is 7.72. The van der Waals surface area contributed by atoms with E-state index in [0.717, 1.165) is 17.5 Å². The molecule has 0 aliphatic rings. The zero-order valence-corrected chi connectivity index (χ0v) is 14.0. The molecule has 1 heterocycles. The minimum atomic E-state index is -0.466. The summed E-state index contributed by atoms with van der Waals surface area (Å²) in [4.78, 5) is 26.3. The standard InChI is InChI=1S/C17H20FN3O3/c1-4-5-10-20(2)17(23)16-14(24-3)11-15(22)21(19-16)13-8-6-12(18)7-9-13/h6-9,11H,4-5,10H2,1-3H3. The van der Waals surface area contributed by atoms with Crippen LogP contribution in [0.4, 0.5) is 4.39 Å². The van der Waals surface area contributed by atoms with Crippen molar-refractivity contribution >= 4 is 5.91 Å². The molecule has 0 unspecified atom stereocenters. The van der Waals surface area contributed by atoms with E-state index in [1.807, 2.05) is 6.92 Å². The normalized spacial score (nSPS) is 10.5. The molecule has 6 nitrogen and oxygen atoms in total. The number of hydrogen-bond acceptors (Lipinski definition) is 4. The summed E-state index contributed by atoms with van der Waals surface area (Å²) < 4.78 is 19.3. The summed E-state index contributed by atoms with van der Waals surface area (Å²) in [6.07, 6.45) is 1.82. The molecule has 24 heavy (non-hydrogen) atoms. The second-order valence-corrected chi connectivity index (χ2v) is 5.37. The third kappa shape index (κ3) is 3.79. The molecule has 0 bridgehead atoms. The SMILES string of the molecule is CCCCN(C)C(=O)c1nn(-c2ccc(F)cc2)c(=O)cc1OC. The van der Waals surface area contributed by atoms with Crippen molar-refractivity contribution < 1.29 is 13.9 Å². The van der Waals surface area contributed by atoms with Gasteiger partial charge in [0.2, 0.25) is 0 Å². The first-order chi connectivity index (χ1) is 11.5. The van der Waals surface area contributed by atoms with E-state index in [0.29, 0.717) is 12.2 Å². The van der Waals surface area contributed by atoms with E-state index in [-0.39, 0.29) is 17.4 Å². The lowest BCUT2D eigenvalue weighted by Crippen LogP contribution is -2.32. The zero-order chi connectivity index (χ0) is 17.7. The van der Waals surface area contributed by atoms with Crippen LogP contribution in [-0.2, 0) is 0 Å². The number of carbonyl (C=O) groups excluding carboxylic acids is 1. The van der Waals surface area contributed by atoms with Gasteiger partial charge in [-0.25, -0.2) is 4.39 Å². The molecule has 0 fully saturated rings. The highest BCUT2D eigenvalue weighted by molar-refractivity contribution is 5.94. The molecule has 0 aliphatic heterocycles. The Morgan fingerprint density at radius 1 is 1.33 bits per heavy atom. The van der Waals surface area contributed by atoms with Gasteiger partial charge < -0.3 is 9.64 Å². The van der Waals surface area contributed by atoms with Gasteiger partial charge >= 0.3 is 0 Å². The molecule has 1 aromatic heterocycles. The molecule has 128 valence electrons. The van der Waals surface area contributed by atoms with Gasteiger partial charge in [-0.3, -0.25) is 9.59 Å². The average molecular weight is 333 g/mol. The fourth-order valence-electron chi connectivity index (χ4n) is 2.19. The predicted molar refractivity (Wildman–Crippen MR) is 88.2 cm³/mol. The van der Waals surface area contributed by atoms with Crippen LogP contribution in [0.1, 0.15) is 30.3 Å². The van der Waals surface area contributed by atoms with Crippen molar-refractivity contribution in [2.75, 3.05) is 20.7 Å². The topological polar surface area (TPSA) is 64.4 Å². The summed E-state index contributed by atoms with van der Waals surface area (Å²) in [5.41, 5.74) is -0.0550. The fraction of sp³-hybridized carbons (Fsp3) is 0.353. The Balaban J connectivity index is 2.47. The third-order valence-electron chi connectivity index (χ3n) is 3.58. The van der Waals surface area contributed by atoms with Crippen molar-refractivity contribution in [1.29, 1.82) is 0 Å². The smallest absolute Gasteiger partial charge is 0.277 e. The van der Waals surface area contributed by atoms with E-state index in [9.17, 15) is 14.0 Å². The Kier molecular flexibility index (Phi) is 5.68. The van der Waals surface area contributed by atoms with Crippen LogP contribution < -0.4 is 10.3 Å². The highest BCUT2D eigenvalue weighted by atomic mass is 19.1. The number of nitrogens with zero attached hydrogens (tertiary/aromatic N) is 3. The third-order valence-corrected chi connectivity index (χ3v) is 3.58. The lowest BCUT2D eigenvalue weighted by molar-refractivity contribution is 0.0781. The van der Waals surface area contributed by atoms with Crippen LogP contribution in [0.2, 0.25) is 0 Å². The highest BCUT2D eigenvalue weighted by Crippen LogP contribution is 2.16. The van der Waals surface area contributed by atoms with Crippen molar-refractivity contribution in [2.24, 2.45) is 0 Å². The van der Waals surface area contributed by atoms with Gasteiger partial charge in [0.15, 0.2) is 11.4 Å². The van der Waals surface area contributed by atoms with Crippen LogP contribution in [0.25, 0.3) is 5.69 Å². The maximum absolute atomic E-state index is 13.1. The van der Waals surface area contributed by atoms with Crippen LogP contribution in [0.3, 0.4) is 0 Å². The quantitative estimate of drug-likeness (QED) is 0.813. The first kappa shape index (κ1) is 17.7. The number of halogens is 1. The number of aromatic nitrogens is 2. The Labute approximate surface area is 139 Å². The molecule has 0 N–H and O–H groups in total. The molecule has 0 saturated heterocycles. The summed E-state index contributed by atoms with van der Waals surface area (Å²) in [6, 6.07) is 6.50. The van der Waals surface area contributed by atoms with E-state index < -0.39 is 11.4 Å². The minimum Gasteiger partial charge on any atom is -0.494 e. The van der Waals surface area contributed by atoms with Gasteiger partial charge in [-0.05, 0) is 30.7 Å². The van der Waals surface area contributed by atoms with Gasteiger partial charge in [0.25, 0.3) is 11.5 Å². The molecule has 2 aromatic rings. The number of rotatable bonds is 6. The van der Waals surface area contributed by atoms with Crippen molar-refractivity contribution in [3.05, 3.63) is 52.2 Å². The Hall–Kier alpha value is -2.70. The van der Waals surface area contributed by atoms with Gasteiger partial charge in [-0.2, -0.15) is 9.78 Å². The van der Waals surface area contributed by atoms with Crippen LogP contribution in [0.15, 0.2) is 35.1 Å². The largest absolute Gasteiger partial charge is 0.494 e. The Morgan fingerprint density at radius 3 is 2.58 bits per heavy atom. The minimum absolute atomic E-state index is 0.0417. The molecule has 2 rings (SSSR count). The molecular weight excluding hydrogens is 313 g/mol. The summed E-state index contributed by atoms with van der Waals surface area (Å²) in [5, 5.41) is 4.14. The first-order valence-electron chi connectivity index (χ1n) is 7.67. The number of ether oxygens (including phenoxy) is 1. The summed E-state index contributed by atoms with van der Waals surface area (Å²) in [5.74, 6) is -0.640. The van der Waals surface area contributed by atoms with E-state index in [1.54, 1.807) is 7.05 Å². The summed E-state index contributed by atoms with van der Waals surface area (Å²) in [7, 11) is 3.05. The van der Waals surface area contributed by atoms with E-state index in [1.165, 1.54) is 42.3 Å². The van der Waals surface area contributed by atoms with Crippen molar-refractivity contribution in [3.8, 4) is 11.4 Å². The summed E-state index contributed by atoms with van der Waals surface area (Å²) >= 11 is 0. The van der Waals surface area contributed by atoms with Crippen LogP contribution in [0, 0.1) is 5.82 Å². The lowest BCUT2D eigenvalue weighted by Gasteiger charge is -2.18. The molecule has 7 heteroatoms. The van der Waals surface area contributed by atoms with Crippen LogP contribution >= 0.6 is 0 Å². The predicted octanol–water partition coefficient (Wildman–Crippen LogP) is 2.25. The number of hydrogen-bond donors (Lipinski definition) is 0. The number of carbonyl (C=O) groups is 1. The van der Waals surface area contributed by atoms with E-state index in [4.69, 9.17) is 4.74 Å². The molecule has 0 saturated carbocycles. The molecule has 0 radical (unpaired) electrons. The number of methoxy groups -OCH3 is 1. The highest BCUT2D eigenvalue weighted by Gasteiger charge is 2.21. The average Bonchev–Trinajstić information content (AvgIpc) is 2.59. The second-order valence-electron chi connectivity index (χ2n) is 5.37. The summed E-state index contributed by atoms with van der Waals surface area (Å²) in [6.45, 7) is 2.61. The molecule has 1 aromatic carbocycles. The number of amides is 1. The first-order valence-corrected chi connectivity index (χ1v) is 7.67. The zero-order valence-electron chi connectivity index (χ0n) is 14.0. The molecule has 0 atom stereocenters. The van der Waals surface area contributed by atoms with E-state index >= 15 is 0 Å². The Bertz CT molecular complexity index is 772. The number of benzene rings is 1. The van der Waals surface area contributed by atoms with Gasteiger partial charge in [0.05, 0.1) is 18.9 Å².